The number of halogens is 3. The second-order valence-electron chi connectivity index (χ2n) is 5.65. The monoisotopic (exact) mass is 369 g/mol. The SMILES string of the molecule is O=C(Cn1nc(C2CC2)ccc1=O)Nc1ccc(SC(F)(F)F)cc1. The van der Waals surface area contributed by atoms with Crippen molar-refractivity contribution in [3.8, 4) is 0 Å². The van der Waals surface area contributed by atoms with Gasteiger partial charge in [0.2, 0.25) is 5.91 Å². The Hall–Kier alpha value is -2.29. The molecule has 5 nitrogen and oxygen atoms in total. The molecule has 0 radical (unpaired) electrons. The number of rotatable bonds is 5. The standard InChI is InChI=1S/C16H14F3N3O2S/c17-16(18,19)25-12-5-3-11(4-6-12)20-14(23)9-22-15(24)8-7-13(21-22)10-1-2-10/h3-8,10H,1-2,9H2,(H,20,23). The highest BCUT2D eigenvalue weighted by Gasteiger charge is 2.29. The van der Waals surface area contributed by atoms with Crippen molar-refractivity contribution < 1.29 is 18.0 Å². The topological polar surface area (TPSA) is 64.0 Å². The molecule has 132 valence electrons. The van der Waals surface area contributed by atoms with Gasteiger partial charge in [0.15, 0.2) is 0 Å². The first kappa shape index (κ1) is 17.5. The van der Waals surface area contributed by atoms with Gasteiger partial charge in [0, 0.05) is 22.6 Å². The summed E-state index contributed by atoms with van der Waals surface area (Å²) in [5.74, 6) is -0.118. The average molecular weight is 369 g/mol. The molecule has 0 saturated heterocycles. The summed E-state index contributed by atoms with van der Waals surface area (Å²) in [6.45, 7) is -0.252. The van der Waals surface area contributed by atoms with E-state index < -0.39 is 11.4 Å². The van der Waals surface area contributed by atoms with Gasteiger partial charge in [-0.05, 0) is 54.9 Å². The van der Waals surface area contributed by atoms with Gasteiger partial charge in [-0.25, -0.2) is 4.68 Å². The second-order valence-corrected chi connectivity index (χ2v) is 6.79. The molecule has 0 atom stereocenters. The van der Waals surface area contributed by atoms with Crippen LogP contribution in [0.3, 0.4) is 0 Å². The first-order valence-electron chi connectivity index (χ1n) is 7.54. The van der Waals surface area contributed by atoms with E-state index in [1.807, 2.05) is 0 Å². The summed E-state index contributed by atoms with van der Waals surface area (Å²) in [6.07, 6.45) is 2.05. The van der Waals surface area contributed by atoms with E-state index >= 15 is 0 Å². The van der Waals surface area contributed by atoms with Gasteiger partial charge in [0.25, 0.3) is 5.56 Å². The highest BCUT2D eigenvalue weighted by molar-refractivity contribution is 8.00. The van der Waals surface area contributed by atoms with Crippen LogP contribution < -0.4 is 10.9 Å². The average Bonchev–Trinajstić information content (AvgIpc) is 3.35. The van der Waals surface area contributed by atoms with E-state index in [9.17, 15) is 22.8 Å². The van der Waals surface area contributed by atoms with Crippen molar-refractivity contribution in [3.63, 3.8) is 0 Å². The minimum absolute atomic E-state index is 0.0283. The Kier molecular flexibility index (Phi) is 4.85. The summed E-state index contributed by atoms with van der Waals surface area (Å²) in [4.78, 5) is 23.9. The largest absolute Gasteiger partial charge is 0.446 e. The van der Waals surface area contributed by atoms with Gasteiger partial charge in [-0.15, -0.1) is 0 Å². The van der Waals surface area contributed by atoms with Crippen LogP contribution in [0.15, 0.2) is 46.1 Å². The van der Waals surface area contributed by atoms with Crippen LogP contribution in [0, 0.1) is 0 Å². The zero-order chi connectivity index (χ0) is 18.0. The van der Waals surface area contributed by atoms with Crippen LogP contribution in [-0.2, 0) is 11.3 Å². The van der Waals surface area contributed by atoms with E-state index in [-0.39, 0.29) is 28.8 Å². The van der Waals surface area contributed by atoms with Gasteiger partial charge < -0.3 is 5.32 Å². The quantitative estimate of drug-likeness (QED) is 0.821. The Labute approximate surface area is 145 Å². The number of hydrogen-bond acceptors (Lipinski definition) is 4. The predicted octanol–water partition coefficient (Wildman–Crippen LogP) is 3.37. The first-order valence-corrected chi connectivity index (χ1v) is 8.35. The van der Waals surface area contributed by atoms with Crippen molar-refractivity contribution in [3.05, 3.63) is 52.4 Å². The van der Waals surface area contributed by atoms with Crippen LogP contribution in [0.1, 0.15) is 24.5 Å². The lowest BCUT2D eigenvalue weighted by Crippen LogP contribution is -2.29. The third-order valence-electron chi connectivity index (χ3n) is 3.55. The van der Waals surface area contributed by atoms with Gasteiger partial charge in [-0.1, -0.05) is 0 Å². The first-order chi connectivity index (χ1) is 11.8. The molecule has 0 bridgehead atoms. The minimum Gasteiger partial charge on any atom is -0.324 e. The van der Waals surface area contributed by atoms with Crippen LogP contribution in [0.25, 0.3) is 0 Å². The van der Waals surface area contributed by atoms with Crippen molar-refractivity contribution in [2.75, 3.05) is 5.32 Å². The number of carbonyl (C=O) groups excluding carboxylic acids is 1. The molecule has 3 rings (SSSR count). The molecule has 1 aliphatic rings. The molecule has 0 unspecified atom stereocenters. The summed E-state index contributed by atoms with van der Waals surface area (Å²) in [5, 5.41) is 6.73. The number of alkyl halides is 3. The van der Waals surface area contributed by atoms with Gasteiger partial charge in [0.1, 0.15) is 6.54 Å². The number of amides is 1. The van der Waals surface area contributed by atoms with Gasteiger partial charge >= 0.3 is 5.51 Å². The van der Waals surface area contributed by atoms with Crippen molar-refractivity contribution in [2.24, 2.45) is 0 Å². The Balaban J connectivity index is 1.63. The van der Waals surface area contributed by atoms with Crippen LogP contribution in [0.4, 0.5) is 18.9 Å². The maximum Gasteiger partial charge on any atom is 0.446 e. The van der Waals surface area contributed by atoms with E-state index in [0.717, 1.165) is 23.2 Å². The lowest BCUT2D eigenvalue weighted by atomic mass is 10.3. The normalized spacial score (nSPS) is 14.4. The summed E-state index contributed by atoms with van der Waals surface area (Å²) in [6, 6.07) is 8.35. The van der Waals surface area contributed by atoms with E-state index in [1.165, 1.54) is 30.3 Å². The van der Waals surface area contributed by atoms with Crippen molar-refractivity contribution in [1.82, 2.24) is 9.78 Å². The van der Waals surface area contributed by atoms with Crippen LogP contribution in [0.5, 0.6) is 0 Å². The number of nitrogens with one attached hydrogen (secondary N) is 1. The molecule has 1 heterocycles. The number of hydrogen-bond donors (Lipinski definition) is 1. The molecule has 0 spiro atoms. The highest BCUT2D eigenvalue weighted by atomic mass is 32.2. The fourth-order valence-corrected chi connectivity index (χ4v) is 2.79. The number of carbonyl (C=O) groups is 1. The summed E-state index contributed by atoms with van der Waals surface area (Å²) < 4.78 is 37.9. The lowest BCUT2D eigenvalue weighted by Gasteiger charge is -2.09. The Morgan fingerprint density at radius 1 is 1.20 bits per heavy atom. The van der Waals surface area contributed by atoms with Gasteiger partial charge in [-0.3, -0.25) is 9.59 Å². The molecule has 1 saturated carbocycles. The van der Waals surface area contributed by atoms with Crippen molar-refractivity contribution in [2.45, 2.75) is 35.7 Å². The van der Waals surface area contributed by atoms with Crippen LogP contribution in [-0.4, -0.2) is 21.2 Å². The van der Waals surface area contributed by atoms with E-state index in [0.29, 0.717) is 11.6 Å². The summed E-state index contributed by atoms with van der Waals surface area (Å²) >= 11 is -0.225. The number of anilines is 1. The molecular weight excluding hydrogens is 355 g/mol. The van der Waals surface area contributed by atoms with Crippen LogP contribution in [0.2, 0.25) is 0 Å². The van der Waals surface area contributed by atoms with Crippen molar-refractivity contribution in [1.29, 1.82) is 0 Å². The molecule has 1 aromatic heterocycles. The van der Waals surface area contributed by atoms with Crippen LogP contribution >= 0.6 is 11.8 Å². The summed E-state index contributed by atoms with van der Waals surface area (Å²) in [5.41, 5.74) is -3.59. The Morgan fingerprint density at radius 3 is 2.48 bits per heavy atom. The Bertz CT molecular complexity index is 830. The fourth-order valence-electron chi connectivity index (χ4n) is 2.25. The smallest absolute Gasteiger partial charge is 0.324 e. The molecule has 2 aromatic rings. The number of nitrogens with zero attached hydrogens (tertiary/aromatic N) is 2. The molecule has 1 N–H and O–H groups in total. The van der Waals surface area contributed by atoms with Gasteiger partial charge in [0.05, 0.1) is 5.69 Å². The lowest BCUT2D eigenvalue weighted by molar-refractivity contribution is -0.117. The molecular formula is C16H14F3N3O2S. The van der Waals surface area contributed by atoms with E-state index in [1.54, 1.807) is 6.07 Å². The summed E-state index contributed by atoms with van der Waals surface area (Å²) in [7, 11) is 0. The maximum atomic E-state index is 12.3. The third kappa shape index (κ3) is 5.09. The molecule has 1 fully saturated rings. The van der Waals surface area contributed by atoms with Crippen molar-refractivity contribution >= 4 is 23.4 Å². The zero-order valence-electron chi connectivity index (χ0n) is 12.9. The predicted molar refractivity (Wildman–Crippen MR) is 87.5 cm³/mol. The van der Waals surface area contributed by atoms with E-state index in [2.05, 4.69) is 10.4 Å². The minimum atomic E-state index is -4.36. The fraction of sp³-hybridized carbons (Fsp3) is 0.312. The number of thioether (sulfide) groups is 1. The number of benzene rings is 1. The molecule has 1 amide bonds. The molecule has 25 heavy (non-hydrogen) atoms. The molecule has 0 aliphatic heterocycles. The maximum absolute atomic E-state index is 12.3. The Morgan fingerprint density at radius 2 is 1.88 bits per heavy atom. The van der Waals surface area contributed by atoms with E-state index in [4.69, 9.17) is 0 Å². The molecule has 9 heteroatoms. The second kappa shape index (κ2) is 6.91. The number of aromatic nitrogens is 2. The third-order valence-corrected chi connectivity index (χ3v) is 4.29. The molecule has 1 aliphatic carbocycles. The molecule has 1 aromatic carbocycles. The highest BCUT2D eigenvalue weighted by Crippen LogP contribution is 2.38. The van der Waals surface area contributed by atoms with Gasteiger partial charge in [-0.2, -0.15) is 18.3 Å². The zero-order valence-corrected chi connectivity index (χ0v) is 13.7.